The van der Waals surface area contributed by atoms with E-state index in [0.29, 0.717) is 0 Å². The molecule has 1 aromatic carbocycles. The molecule has 0 aliphatic heterocycles. The summed E-state index contributed by atoms with van der Waals surface area (Å²) >= 11 is 0. The number of imidazole rings is 1. The zero-order valence-electron chi connectivity index (χ0n) is 7.67. The lowest BCUT2D eigenvalue weighted by Crippen LogP contribution is -2.12. The molecule has 0 atom stereocenters. The number of para-hydroxylation sites is 2. The second-order valence-electron chi connectivity index (χ2n) is 2.98. The Morgan fingerprint density at radius 1 is 1.38 bits per heavy atom. The van der Waals surface area contributed by atoms with E-state index < -0.39 is 0 Å². The Morgan fingerprint density at radius 2 is 2.23 bits per heavy atom. The van der Waals surface area contributed by atoms with Crippen LogP contribution in [0, 0.1) is 0 Å². The number of hydrogen-bond acceptors (Lipinski definition) is 2. The molecular weight excluding hydrogens is 162 g/mol. The first kappa shape index (κ1) is 8.26. The van der Waals surface area contributed by atoms with Crippen molar-refractivity contribution in [1.82, 2.24) is 15.3 Å². The van der Waals surface area contributed by atoms with Crippen molar-refractivity contribution in [2.24, 2.45) is 0 Å². The van der Waals surface area contributed by atoms with E-state index in [1.807, 2.05) is 24.3 Å². The number of nitrogens with one attached hydrogen (secondary N) is 2. The highest BCUT2D eigenvalue weighted by atomic mass is 15.0. The van der Waals surface area contributed by atoms with Gasteiger partial charge in [0.05, 0.1) is 17.6 Å². The normalized spacial score (nSPS) is 10.8. The Bertz CT molecular complexity index is 359. The predicted octanol–water partition coefficient (Wildman–Crippen LogP) is 1.67. The van der Waals surface area contributed by atoms with Crippen LogP contribution in [0.15, 0.2) is 24.3 Å². The minimum absolute atomic E-state index is 0.811. The maximum Gasteiger partial charge on any atom is 0.121 e. The van der Waals surface area contributed by atoms with Gasteiger partial charge in [0.2, 0.25) is 0 Å². The van der Waals surface area contributed by atoms with Crippen LogP contribution in [-0.4, -0.2) is 16.5 Å². The first-order chi connectivity index (χ1) is 6.40. The summed E-state index contributed by atoms with van der Waals surface area (Å²) < 4.78 is 0. The maximum atomic E-state index is 4.43. The van der Waals surface area contributed by atoms with E-state index in [0.717, 1.165) is 29.9 Å². The van der Waals surface area contributed by atoms with Gasteiger partial charge < -0.3 is 10.3 Å². The molecule has 1 heterocycles. The fraction of sp³-hybridized carbons (Fsp3) is 0.300. The SMILES string of the molecule is CCNCc1nc2ccccc2[nH]1. The lowest BCUT2D eigenvalue weighted by Gasteiger charge is -1.94. The topological polar surface area (TPSA) is 40.7 Å². The monoisotopic (exact) mass is 175 g/mol. The van der Waals surface area contributed by atoms with Crippen LogP contribution in [-0.2, 0) is 6.54 Å². The number of nitrogens with zero attached hydrogens (tertiary/aromatic N) is 1. The molecule has 0 unspecified atom stereocenters. The molecule has 0 fully saturated rings. The summed E-state index contributed by atoms with van der Waals surface area (Å²) in [6.07, 6.45) is 0. The van der Waals surface area contributed by atoms with Gasteiger partial charge in [-0.25, -0.2) is 4.98 Å². The van der Waals surface area contributed by atoms with Crippen molar-refractivity contribution in [3.8, 4) is 0 Å². The van der Waals surface area contributed by atoms with Crippen molar-refractivity contribution in [1.29, 1.82) is 0 Å². The summed E-state index contributed by atoms with van der Waals surface area (Å²) in [5.74, 6) is 1.00. The van der Waals surface area contributed by atoms with E-state index >= 15 is 0 Å². The van der Waals surface area contributed by atoms with Crippen molar-refractivity contribution in [3.05, 3.63) is 30.1 Å². The van der Waals surface area contributed by atoms with Crippen LogP contribution < -0.4 is 5.32 Å². The molecule has 68 valence electrons. The van der Waals surface area contributed by atoms with Gasteiger partial charge in [-0.1, -0.05) is 19.1 Å². The number of benzene rings is 1. The molecule has 0 amide bonds. The Morgan fingerprint density at radius 3 is 3.00 bits per heavy atom. The van der Waals surface area contributed by atoms with Crippen LogP contribution >= 0.6 is 0 Å². The standard InChI is InChI=1S/C10H13N3/c1-2-11-7-10-12-8-5-3-4-6-9(8)13-10/h3-6,11H,2,7H2,1H3,(H,12,13). The zero-order chi connectivity index (χ0) is 9.10. The fourth-order valence-corrected chi connectivity index (χ4v) is 1.33. The Labute approximate surface area is 77.2 Å². The van der Waals surface area contributed by atoms with E-state index in [4.69, 9.17) is 0 Å². The molecule has 0 radical (unpaired) electrons. The van der Waals surface area contributed by atoms with Crippen molar-refractivity contribution in [2.45, 2.75) is 13.5 Å². The molecule has 0 saturated heterocycles. The first-order valence-electron chi connectivity index (χ1n) is 4.54. The van der Waals surface area contributed by atoms with Gasteiger partial charge in [0.1, 0.15) is 5.82 Å². The molecule has 2 aromatic rings. The highest BCUT2D eigenvalue weighted by molar-refractivity contribution is 5.74. The molecule has 0 bridgehead atoms. The average molecular weight is 175 g/mol. The lowest BCUT2D eigenvalue weighted by molar-refractivity contribution is 0.700. The van der Waals surface area contributed by atoms with Gasteiger partial charge >= 0.3 is 0 Å². The van der Waals surface area contributed by atoms with Crippen molar-refractivity contribution < 1.29 is 0 Å². The average Bonchev–Trinajstić information content (AvgIpc) is 2.57. The summed E-state index contributed by atoms with van der Waals surface area (Å²) in [5, 5.41) is 3.23. The van der Waals surface area contributed by atoms with E-state index in [9.17, 15) is 0 Å². The van der Waals surface area contributed by atoms with E-state index in [-0.39, 0.29) is 0 Å². The van der Waals surface area contributed by atoms with Crippen molar-refractivity contribution in [3.63, 3.8) is 0 Å². The summed E-state index contributed by atoms with van der Waals surface area (Å²) in [4.78, 5) is 7.69. The largest absolute Gasteiger partial charge is 0.341 e. The van der Waals surface area contributed by atoms with Gasteiger partial charge in [0, 0.05) is 0 Å². The van der Waals surface area contributed by atoms with Gasteiger partial charge in [-0.2, -0.15) is 0 Å². The van der Waals surface area contributed by atoms with Crippen LogP contribution in [0.25, 0.3) is 11.0 Å². The second kappa shape index (κ2) is 3.58. The lowest BCUT2D eigenvalue weighted by atomic mass is 10.3. The predicted molar refractivity (Wildman–Crippen MR) is 53.5 cm³/mol. The third kappa shape index (κ3) is 1.70. The number of rotatable bonds is 3. The van der Waals surface area contributed by atoms with Gasteiger partial charge in [-0.05, 0) is 18.7 Å². The fourth-order valence-electron chi connectivity index (χ4n) is 1.33. The molecule has 0 saturated carbocycles. The minimum Gasteiger partial charge on any atom is -0.341 e. The van der Waals surface area contributed by atoms with Crippen LogP contribution in [0.4, 0.5) is 0 Å². The molecule has 0 spiro atoms. The van der Waals surface area contributed by atoms with E-state index in [1.54, 1.807) is 0 Å². The molecule has 3 heteroatoms. The molecule has 2 N–H and O–H groups in total. The molecule has 0 aliphatic carbocycles. The second-order valence-corrected chi connectivity index (χ2v) is 2.98. The van der Waals surface area contributed by atoms with Crippen molar-refractivity contribution in [2.75, 3.05) is 6.54 Å². The highest BCUT2D eigenvalue weighted by Gasteiger charge is 1.99. The number of fused-ring (bicyclic) bond motifs is 1. The first-order valence-corrected chi connectivity index (χ1v) is 4.54. The van der Waals surface area contributed by atoms with Crippen LogP contribution in [0.1, 0.15) is 12.7 Å². The number of aromatic nitrogens is 2. The molecule has 3 nitrogen and oxygen atoms in total. The molecule has 1 aromatic heterocycles. The third-order valence-electron chi connectivity index (χ3n) is 1.98. The summed E-state index contributed by atoms with van der Waals surface area (Å²) in [6.45, 7) is 3.87. The number of aromatic amines is 1. The minimum atomic E-state index is 0.811. The smallest absolute Gasteiger partial charge is 0.121 e. The molecule has 2 rings (SSSR count). The maximum absolute atomic E-state index is 4.43. The summed E-state index contributed by atoms with van der Waals surface area (Å²) in [7, 11) is 0. The number of H-pyrrole nitrogens is 1. The van der Waals surface area contributed by atoms with Crippen LogP contribution in [0.2, 0.25) is 0 Å². The molecule has 0 aliphatic rings. The Hall–Kier alpha value is -1.35. The van der Waals surface area contributed by atoms with E-state index in [2.05, 4.69) is 22.2 Å². The zero-order valence-corrected chi connectivity index (χ0v) is 7.67. The van der Waals surface area contributed by atoms with Gasteiger partial charge in [0.25, 0.3) is 0 Å². The van der Waals surface area contributed by atoms with Gasteiger partial charge in [0.15, 0.2) is 0 Å². The Kier molecular flexibility index (Phi) is 2.27. The molecular formula is C10H13N3. The summed E-state index contributed by atoms with van der Waals surface area (Å²) in [6, 6.07) is 8.07. The quantitative estimate of drug-likeness (QED) is 0.745. The van der Waals surface area contributed by atoms with Gasteiger partial charge in [-0.3, -0.25) is 0 Å². The van der Waals surface area contributed by atoms with E-state index in [1.165, 1.54) is 0 Å². The third-order valence-corrected chi connectivity index (χ3v) is 1.98. The highest BCUT2D eigenvalue weighted by Crippen LogP contribution is 2.09. The van der Waals surface area contributed by atoms with Crippen LogP contribution in [0.3, 0.4) is 0 Å². The van der Waals surface area contributed by atoms with Crippen LogP contribution in [0.5, 0.6) is 0 Å². The Balaban J connectivity index is 2.28. The van der Waals surface area contributed by atoms with Crippen molar-refractivity contribution >= 4 is 11.0 Å². The number of hydrogen-bond donors (Lipinski definition) is 2. The molecule has 13 heavy (non-hydrogen) atoms. The summed E-state index contributed by atoms with van der Waals surface area (Å²) in [5.41, 5.74) is 2.14. The van der Waals surface area contributed by atoms with Gasteiger partial charge in [-0.15, -0.1) is 0 Å².